The lowest BCUT2D eigenvalue weighted by Gasteiger charge is -2.27. The molecule has 0 spiro atoms. The zero-order chi connectivity index (χ0) is 16.0. The first-order valence-electron chi connectivity index (χ1n) is 6.91. The van der Waals surface area contributed by atoms with Gasteiger partial charge in [0.05, 0.1) is 23.6 Å². The number of fused-ring (bicyclic) bond motifs is 2. The molecule has 0 atom stereocenters. The highest BCUT2D eigenvalue weighted by Gasteiger charge is 2.32. The van der Waals surface area contributed by atoms with Crippen molar-refractivity contribution in [3.8, 4) is 0 Å². The minimum absolute atomic E-state index is 0.0602. The van der Waals surface area contributed by atoms with Crippen LogP contribution < -0.4 is 0 Å². The van der Waals surface area contributed by atoms with E-state index in [1.807, 2.05) is 24.3 Å². The van der Waals surface area contributed by atoms with Gasteiger partial charge in [-0.1, -0.05) is 40.3 Å². The van der Waals surface area contributed by atoms with E-state index in [1.54, 1.807) is 6.07 Å². The molecule has 0 saturated heterocycles. The number of hydroxylamine groups is 1. The Labute approximate surface area is 137 Å². The van der Waals surface area contributed by atoms with Crippen LogP contribution in [-0.2, 0) is 28.0 Å². The molecule has 0 bridgehead atoms. The summed E-state index contributed by atoms with van der Waals surface area (Å²) < 4.78 is 26.8. The van der Waals surface area contributed by atoms with Crippen molar-refractivity contribution in [2.24, 2.45) is 0 Å². The first kappa shape index (κ1) is 14.6. The van der Waals surface area contributed by atoms with Crippen molar-refractivity contribution >= 4 is 32.7 Å². The molecular weight excluding hydrogens is 338 g/mol. The van der Waals surface area contributed by atoms with Crippen molar-refractivity contribution in [3.05, 3.63) is 58.9 Å². The van der Waals surface area contributed by atoms with E-state index in [-0.39, 0.29) is 18.0 Å². The maximum absolute atomic E-state index is 12.9. The van der Waals surface area contributed by atoms with E-state index in [1.165, 1.54) is 12.4 Å². The summed E-state index contributed by atoms with van der Waals surface area (Å²) in [5.74, 6) is 0. The number of H-pyrrole nitrogens is 1. The molecule has 0 saturated carbocycles. The highest BCUT2D eigenvalue weighted by molar-refractivity contribution is 7.89. The third-order valence-electron chi connectivity index (χ3n) is 3.81. The molecule has 23 heavy (non-hydrogen) atoms. The maximum atomic E-state index is 12.9. The molecule has 2 aromatic heterocycles. The van der Waals surface area contributed by atoms with E-state index in [0.717, 1.165) is 15.6 Å². The summed E-state index contributed by atoms with van der Waals surface area (Å²) in [6, 6.07) is 9.15. The molecule has 3 aromatic rings. The summed E-state index contributed by atoms with van der Waals surface area (Å²) >= 11 is 6.15. The lowest BCUT2D eigenvalue weighted by atomic mass is 10.1. The number of rotatable bonds is 2. The average molecular weight is 350 g/mol. The number of pyridine rings is 1. The lowest BCUT2D eigenvalue weighted by molar-refractivity contribution is -0.114. The number of halogens is 1. The van der Waals surface area contributed by atoms with Crippen LogP contribution in [0.4, 0.5) is 0 Å². The first-order chi connectivity index (χ1) is 11.1. The molecule has 0 amide bonds. The molecule has 3 heterocycles. The van der Waals surface area contributed by atoms with Gasteiger partial charge in [-0.05, 0) is 17.2 Å². The number of sulfonamides is 1. The molecule has 0 unspecified atom stereocenters. The van der Waals surface area contributed by atoms with E-state index < -0.39 is 10.0 Å². The van der Waals surface area contributed by atoms with Crippen molar-refractivity contribution in [1.82, 2.24) is 14.4 Å². The summed E-state index contributed by atoms with van der Waals surface area (Å²) in [4.78, 5) is 12.4. The fourth-order valence-corrected chi connectivity index (χ4v) is 4.33. The molecule has 0 fully saturated rings. The van der Waals surface area contributed by atoms with Crippen LogP contribution in [-0.4, -0.2) is 22.9 Å². The molecule has 1 aliphatic rings. The standard InChI is InChI=1S/C15H12ClN3O3S/c16-12-5-6-17-15-14(12)13(7-18-15)23(20,21)19-8-10-3-1-2-4-11(10)9-22-19/h1-7H,8-9H2,(H,17,18). The number of nitrogens with zero attached hydrogens (tertiary/aromatic N) is 2. The van der Waals surface area contributed by atoms with Gasteiger partial charge in [0.1, 0.15) is 10.5 Å². The largest absolute Gasteiger partial charge is 0.345 e. The molecule has 6 nitrogen and oxygen atoms in total. The Morgan fingerprint density at radius 2 is 2.00 bits per heavy atom. The second-order valence-electron chi connectivity index (χ2n) is 5.18. The van der Waals surface area contributed by atoms with Gasteiger partial charge in [0.2, 0.25) is 0 Å². The fraction of sp³-hybridized carbons (Fsp3) is 0.133. The van der Waals surface area contributed by atoms with Gasteiger partial charge in [-0.2, -0.15) is 0 Å². The van der Waals surface area contributed by atoms with E-state index in [2.05, 4.69) is 9.97 Å². The first-order valence-corrected chi connectivity index (χ1v) is 8.73. The quantitative estimate of drug-likeness (QED) is 0.772. The van der Waals surface area contributed by atoms with E-state index >= 15 is 0 Å². The zero-order valence-electron chi connectivity index (χ0n) is 11.9. The second-order valence-corrected chi connectivity index (χ2v) is 7.38. The molecule has 0 aliphatic carbocycles. The molecule has 4 rings (SSSR count). The van der Waals surface area contributed by atoms with Gasteiger partial charge in [-0.15, -0.1) is 0 Å². The van der Waals surface area contributed by atoms with Crippen LogP contribution in [0.1, 0.15) is 11.1 Å². The van der Waals surface area contributed by atoms with Crippen LogP contribution in [0.25, 0.3) is 11.0 Å². The number of aromatic nitrogens is 2. The number of benzene rings is 1. The van der Waals surface area contributed by atoms with Crippen molar-refractivity contribution in [2.75, 3.05) is 0 Å². The average Bonchev–Trinajstić information content (AvgIpc) is 3.00. The Morgan fingerprint density at radius 1 is 1.22 bits per heavy atom. The van der Waals surface area contributed by atoms with Crippen molar-refractivity contribution in [1.29, 1.82) is 0 Å². The molecule has 0 radical (unpaired) electrons. The minimum Gasteiger partial charge on any atom is -0.345 e. The van der Waals surface area contributed by atoms with Crippen molar-refractivity contribution in [3.63, 3.8) is 0 Å². The van der Waals surface area contributed by atoms with E-state index in [4.69, 9.17) is 16.4 Å². The molecular formula is C15H12ClN3O3S. The lowest BCUT2D eigenvalue weighted by Crippen LogP contribution is -2.34. The Morgan fingerprint density at radius 3 is 2.83 bits per heavy atom. The Balaban J connectivity index is 1.79. The van der Waals surface area contributed by atoms with Gasteiger partial charge in [0, 0.05) is 12.4 Å². The van der Waals surface area contributed by atoms with Crippen molar-refractivity contribution < 1.29 is 13.3 Å². The predicted octanol–water partition coefficient (Wildman–Crippen LogP) is 2.85. The highest BCUT2D eigenvalue weighted by Crippen LogP contribution is 2.32. The molecule has 8 heteroatoms. The normalized spacial score (nSPS) is 15.7. The van der Waals surface area contributed by atoms with Crippen LogP contribution >= 0.6 is 11.6 Å². The van der Waals surface area contributed by atoms with Crippen LogP contribution in [0.5, 0.6) is 0 Å². The minimum atomic E-state index is -3.86. The Bertz CT molecular complexity index is 1000. The zero-order valence-corrected chi connectivity index (χ0v) is 13.4. The molecule has 1 N–H and O–H groups in total. The highest BCUT2D eigenvalue weighted by atomic mass is 35.5. The summed E-state index contributed by atoms with van der Waals surface area (Å²) in [5, 5.41) is 0.698. The number of hydrogen-bond acceptors (Lipinski definition) is 4. The number of hydrogen-bond donors (Lipinski definition) is 1. The van der Waals surface area contributed by atoms with E-state index in [9.17, 15) is 8.42 Å². The van der Waals surface area contributed by atoms with Crippen LogP contribution in [0.15, 0.2) is 47.6 Å². The van der Waals surface area contributed by atoms with Gasteiger partial charge >= 0.3 is 0 Å². The van der Waals surface area contributed by atoms with Crippen LogP contribution in [0.2, 0.25) is 5.02 Å². The summed E-state index contributed by atoms with van der Waals surface area (Å²) in [6.45, 7) is 0.368. The third kappa shape index (κ3) is 2.33. The summed E-state index contributed by atoms with van der Waals surface area (Å²) in [5.41, 5.74) is 2.33. The topological polar surface area (TPSA) is 75.3 Å². The monoisotopic (exact) mass is 349 g/mol. The van der Waals surface area contributed by atoms with Gasteiger partial charge in [-0.25, -0.2) is 13.4 Å². The molecule has 1 aliphatic heterocycles. The molecule has 118 valence electrons. The number of nitrogens with one attached hydrogen (secondary N) is 1. The molecule has 1 aromatic carbocycles. The number of aromatic amines is 1. The third-order valence-corrected chi connectivity index (χ3v) is 5.78. The van der Waals surface area contributed by atoms with Crippen molar-refractivity contribution in [2.45, 2.75) is 18.0 Å². The predicted molar refractivity (Wildman–Crippen MR) is 85.1 cm³/mol. The summed E-state index contributed by atoms with van der Waals surface area (Å²) in [7, 11) is -3.86. The van der Waals surface area contributed by atoms with Crippen LogP contribution in [0, 0.1) is 0 Å². The van der Waals surface area contributed by atoms with E-state index in [0.29, 0.717) is 16.1 Å². The smallest absolute Gasteiger partial charge is 0.267 e. The summed E-state index contributed by atoms with van der Waals surface area (Å²) in [6.07, 6.45) is 2.91. The second kappa shape index (κ2) is 5.31. The Hall–Kier alpha value is -1.93. The fourth-order valence-electron chi connectivity index (χ4n) is 2.63. The maximum Gasteiger partial charge on any atom is 0.267 e. The Kier molecular flexibility index (Phi) is 3.38. The van der Waals surface area contributed by atoms with Gasteiger partial charge in [-0.3, -0.25) is 4.84 Å². The van der Waals surface area contributed by atoms with Gasteiger partial charge in [0.15, 0.2) is 0 Å². The van der Waals surface area contributed by atoms with Gasteiger partial charge < -0.3 is 4.98 Å². The van der Waals surface area contributed by atoms with Gasteiger partial charge in [0.25, 0.3) is 10.0 Å². The van der Waals surface area contributed by atoms with Crippen LogP contribution in [0.3, 0.4) is 0 Å². The SMILES string of the molecule is O=S(=O)(c1c[nH]c2nccc(Cl)c12)N1Cc2ccccc2CO1.